The van der Waals surface area contributed by atoms with E-state index >= 15 is 0 Å². The molecule has 0 aliphatic heterocycles. The summed E-state index contributed by atoms with van der Waals surface area (Å²) in [6.45, 7) is 1.97. The molecule has 2 N–H and O–H groups in total. The summed E-state index contributed by atoms with van der Waals surface area (Å²) in [7, 11) is 0. The van der Waals surface area contributed by atoms with Gasteiger partial charge in [0.15, 0.2) is 0 Å². The Bertz CT molecular complexity index is 257. The fraction of sp³-hybridized carbons (Fsp3) is 0.444. The maximum absolute atomic E-state index is 10.7. The summed E-state index contributed by atoms with van der Waals surface area (Å²) in [5.74, 6) is -0.810. The third kappa shape index (κ3) is 2.82. The molecular weight excluding hydrogens is 168 g/mol. The van der Waals surface area contributed by atoms with E-state index in [2.05, 4.69) is 5.43 Å². The van der Waals surface area contributed by atoms with E-state index in [0.29, 0.717) is 6.42 Å². The van der Waals surface area contributed by atoms with E-state index in [1.807, 2.05) is 19.1 Å². The van der Waals surface area contributed by atoms with Crippen LogP contribution in [0, 0.1) is 0 Å². The van der Waals surface area contributed by atoms with Crippen molar-refractivity contribution in [3.63, 3.8) is 0 Å². The average Bonchev–Trinajstić information content (AvgIpc) is 2.56. The van der Waals surface area contributed by atoms with E-state index in [4.69, 9.17) is 5.11 Å². The SMILES string of the molecule is CCCC(Nn1cccc1)C(=O)O. The molecule has 13 heavy (non-hydrogen) atoms. The van der Waals surface area contributed by atoms with Gasteiger partial charge in [0.25, 0.3) is 0 Å². The Balaban J connectivity index is 2.52. The van der Waals surface area contributed by atoms with Gasteiger partial charge in [-0.2, -0.15) is 0 Å². The van der Waals surface area contributed by atoms with Crippen LogP contribution in [0.3, 0.4) is 0 Å². The normalized spacial score (nSPS) is 12.4. The van der Waals surface area contributed by atoms with Crippen molar-refractivity contribution in [2.75, 3.05) is 5.43 Å². The van der Waals surface area contributed by atoms with Gasteiger partial charge in [-0.05, 0) is 18.6 Å². The molecule has 0 fully saturated rings. The molecule has 1 aromatic rings. The van der Waals surface area contributed by atoms with E-state index in [1.54, 1.807) is 17.1 Å². The highest BCUT2D eigenvalue weighted by Gasteiger charge is 2.14. The van der Waals surface area contributed by atoms with E-state index in [9.17, 15) is 4.79 Å². The Morgan fingerprint density at radius 2 is 2.15 bits per heavy atom. The first-order valence-electron chi connectivity index (χ1n) is 4.36. The minimum absolute atomic E-state index is 0.502. The van der Waals surface area contributed by atoms with Gasteiger partial charge in [0.05, 0.1) is 0 Å². The van der Waals surface area contributed by atoms with Crippen LogP contribution in [-0.2, 0) is 4.79 Å². The molecule has 0 aliphatic rings. The summed E-state index contributed by atoms with van der Waals surface area (Å²) in [6, 6.07) is 3.19. The Kier molecular flexibility index (Phi) is 3.37. The third-order valence-corrected chi connectivity index (χ3v) is 1.78. The zero-order chi connectivity index (χ0) is 9.68. The number of aromatic nitrogens is 1. The predicted molar refractivity (Wildman–Crippen MR) is 50.1 cm³/mol. The molecule has 72 valence electrons. The second-order valence-electron chi connectivity index (χ2n) is 2.90. The maximum Gasteiger partial charge on any atom is 0.327 e. The number of carbonyl (C=O) groups is 1. The van der Waals surface area contributed by atoms with Crippen LogP contribution in [0.5, 0.6) is 0 Å². The van der Waals surface area contributed by atoms with E-state index in [-0.39, 0.29) is 0 Å². The second kappa shape index (κ2) is 4.54. The quantitative estimate of drug-likeness (QED) is 0.721. The lowest BCUT2D eigenvalue weighted by atomic mass is 10.2. The van der Waals surface area contributed by atoms with Gasteiger partial charge in [-0.15, -0.1) is 0 Å². The molecule has 1 heterocycles. The predicted octanol–water partition coefficient (Wildman–Crippen LogP) is 1.28. The van der Waals surface area contributed by atoms with Gasteiger partial charge in [0.2, 0.25) is 0 Å². The lowest BCUT2D eigenvalue weighted by molar-refractivity contribution is -0.138. The first-order valence-corrected chi connectivity index (χ1v) is 4.36. The van der Waals surface area contributed by atoms with Gasteiger partial charge in [0.1, 0.15) is 6.04 Å². The standard InChI is InChI=1S/C9H14N2O2/c1-2-5-8(9(12)13)10-11-6-3-4-7-11/h3-4,6-8,10H,2,5H2,1H3,(H,12,13). The van der Waals surface area contributed by atoms with E-state index < -0.39 is 12.0 Å². The van der Waals surface area contributed by atoms with Crippen LogP contribution < -0.4 is 5.43 Å². The highest BCUT2D eigenvalue weighted by Crippen LogP contribution is 1.99. The summed E-state index contributed by atoms with van der Waals surface area (Å²) in [5, 5.41) is 8.83. The maximum atomic E-state index is 10.7. The van der Waals surface area contributed by atoms with Gasteiger partial charge in [-0.25, -0.2) is 4.79 Å². The Morgan fingerprint density at radius 3 is 2.62 bits per heavy atom. The summed E-state index contributed by atoms with van der Waals surface area (Å²) in [5.41, 5.74) is 2.88. The van der Waals surface area contributed by atoms with E-state index in [1.165, 1.54) is 0 Å². The van der Waals surface area contributed by atoms with Gasteiger partial charge in [0, 0.05) is 12.4 Å². The zero-order valence-corrected chi connectivity index (χ0v) is 7.60. The summed E-state index contributed by atoms with van der Waals surface area (Å²) < 4.78 is 1.66. The number of hydrogen-bond acceptors (Lipinski definition) is 2. The topological polar surface area (TPSA) is 54.3 Å². The smallest absolute Gasteiger partial charge is 0.327 e. The molecule has 0 bridgehead atoms. The van der Waals surface area contributed by atoms with Crippen LogP contribution in [0.15, 0.2) is 24.5 Å². The highest BCUT2D eigenvalue weighted by molar-refractivity contribution is 5.74. The van der Waals surface area contributed by atoms with Crippen molar-refractivity contribution >= 4 is 5.97 Å². The van der Waals surface area contributed by atoms with Gasteiger partial charge < -0.3 is 10.5 Å². The molecule has 0 spiro atoms. The molecule has 4 nitrogen and oxygen atoms in total. The highest BCUT2D eigenvalue weighted by atomic mass is 16.4. The number of nitrogens with one attached hydrogen (secondary N) is 1. The Morgan fingerprint density at radius 1 is 1.54 bits per heavy atom. The number of hydrogen-bond donors (Lipinski definition) is 2. The Hall–Kier alpha value is -1.45. The van der Waals surface area contributed by atoms with Crippen LogP contribution >= 0.6 is 0 Å². The second-order valence-corrected chi connectivity index (χ2v) is 2.90. The van der Waals surface area contributed by atoms with Crippen molar-refractivity contribution in [2.24, 2.45) is 0 Å². The van der Waals surface area contributed by atoms with Crippen molar-refractivity contribution in [1.29, 1.82) is 0 Å². The fourth-order valence-electron chi connectivity index (χ4n) is 1.13. The van der Waals surface area contributed by atoms with Crippen LogP contribution in [0.1, 0.15) is 19.8 Å². The van der Waals surface area contributed by atoms with Crippen LogP contribution in [0.25, 0.3) is 0 Å². The molecule has 1 atom stereocenters. The third-order valence-electron chi connectivity index (χ3n) is 1.78. The summed E-state index contributed by atoms with van der Waals surface area (Å²) in [6.07, 6.45) is 5.05. The molecule has 0 saturated carbocycles. The van der Waals surface area contributed by atoms with Gasteiger partial charge >= 0.3 is 5.97 Å². The van der Waals surface area contributed by atoms with Crippen molar-refractivity contribution in [1.82, 2.24) is 4.68 Å². The summed E-state index contributed by atoms with van der Waals surface area (Å²) in [4.78, 5) is 10.7. The monoisotopic (exact) mass is 182 g/mol. The number of aliphatic carboxylic acids is 1. The van der Waals surface area contributed by atoms with Crippen molar-refractivity contribution in [2.45, 2.75) is 25.8 Å². The molecule has 4 heteroatoms. The average molecular weight is 182 g/mol. The van der Waals surface area contributed by atoms with Crippen LogP contribution in [0.4, 0.5) is 0 Å². The first kappa shape index (κ1) is 9.64. The Labute approximate surface area is 77.2 Å². The number of carboxylic acids is 1. The van der Waals surface area contributed by atoms with Crippen molar-refractivity contribution in [3.05, 3.63) is 24.5 Å². The number of rotatable bonds is 5. The first-order chi connectivity index (χ1) is 6.24. The van der Waals surface area contributed by atoms with Crippen molar-refractivity contribution in [3.8, 4) is 0 Å². The van der Waals surface area contributed by atoms with Gasteiger partial charge in [-0.1, -0.05) is 13.3 Å². The summed E-state index contributed by atoms with van der Waals surface area (Å²) >= 11 is 0. The molecule has 1 rings (SSSR count). The molecule has 0 saturated heterocycles. The molecule has 0 amide bonds. The lowest BCUT2D eigenvalue weighted by Gasteiger charge is -2.15. The number of carboxylic acid groups (broad SMARTS) is 1. The largest absolute Gasteiger partial charge is 0.480 e. The lowest BCUT2D eigenvalue weighted by Crippen LogP contribution is -2.34. The van der Waals surface area contributed by atoms with Gasteiger partial charge in [-0.3, -0.25) is 4.68 Å². The fourth-order valence-corrected chi connectivity index (χ4v) is 1.13. The molecule has 1 unspecified atom stereocenters. The molecule has 0 radical (unpaired) electrons. The number of nitrogens with zero attached hydrogens (tertiary/aromatic N) is 1. The minimum atomic E-state index is -0.810. The minimum Gasteiger partial charge on any atom is -0.480 e. The molecule has 1 aromatic heterocycles. The van der Waals surface area contributed by atoms with Crippen molar-refractivity contribution < 1.29 is 9.90 Å². The van der Waals surface area contributed by atoms with Crippen LogP contribution in [0.2, 0.25) is 0 Å². The zero-order valence-electron chi connectivity index (χ0n) is 7.60. The van der Waals surface area contributed by atoms with Crippen LogP contribution in [-0.4, -0.2) is 21.8 Å². The van der Waals surface area contributed by atoms with E-state index in [0.717, 1.165) is 6.42 Å². The molecule has 0 aromatic carbocycles. The molecular formula is C9H14N2O2. The molecule has 0 aliphatic carbocycles.